The van der Waals surface area contributed by atoms with Crippen LogP contribution >= 0.6 is 0 Å². The molecule has 2 aromatic rings. The minimum absolute atomic E-state index is 0.704. The van der Waals surface area contributed by atoms with Crippen LogP contribution in [-0.2, 0) is 6.42 Å². The van der Waals surface area contributed by atoms with Crippen molar-refractivity contribution in [1.82, 2.24) is 9.97 Å². The Bertz CT molecular complexity index is 461. The summed E-state index contributed by atoms with van der Waals surface area (Å²) in [6, 6.07) is 12.2. The van der Waals surface area contributed by atoms with Crippen LogP contribution in [0.25, 0.3) is 0 Å². The highest BCUT2D eigenvalue weighted by Gasteiger charge is 2.23. The molecule has 21 heavy (non-hydrogen) atoms. The van der Waals surface area contributed by atoms with Gasteiger partial charge in [-0.1, -0.05) is 39.8 Å². The summed E-state index contributed by atoms with van der Waals surface area (Å²) in [5, 5.41) is 0. The van der Waals surface area contributed by atoms with Crippen LogP contribution in [0, 0.1) is 5.92 Å². The fourth-order valence-electron chi connectivity index (χ4n) is 1.93. The molecule has 1 saturated carbocycles. The molecule has 0 aromatic carbocycles. The Morgan fingerprint density at radius 3 is 2.00 bits per heavy atom. The highest BCUT2D eigenvalue weighted by atomic mass is 14.7. The van der Waals surface area contributed by atoms with E-state index in [1.165, 1.54) is 24.2 Å². The molecule has 3 rings (SSSR count). The van der Waals surface area contributed by atoms with Crippen LogP contribution < -0.4 is 0 Å². The van der Waals surface area contributed by atoms with Gasteiger partial charge < -0.3 is 0 Å². The summed E-state index contributed by atoms with van der Waals surface area (Å²) in [6.07, 6.45) is 7.49. The summed E-state index contributed by atoms with van der Waals surface area (Å²) >= 11 is 0. The molecule has 114 valence electrons. The molecule has 0 atom stereocenters. The van der Waals surface area contributed by atoms with Crippen LogP contribution in [0.15, 0.2) is 48.8 Å². The van der Waals surface area contributed by atoms with E-state index in [2.05, 4.69) is 42.0 Å². The Hall–Kier alpha value is -1.70. The van der Waals surface area contributed by atoms with Crippen molar-refractivity contribution >= 4 is 0 Å². The Morgan fingerprint density at radius 1 is 0.952 bits per heavy atom. The lowest BCUT2D eigenvalue weighted by atomic mass is 10.1. The summed E-state index contributed by atoms with van der Waals surface area (Å²) in [5.41, 5.74) is 2.47. The van der Waals surface area contributed by atoms with E-state index in [9.17, 15) is 0 Å². The molecular weight excluding hydrogens is 256 g/mol. The first-order valence-corrected chi connectivity index (χ1v) is 8.06. The maximum Gasteiger partial charge on any atom is 0.0434 e. The molecule has 0 radical (unpaired) electrons. The second-order valence-electron chi connectivity index (χ2n) is 5.45. The second kappa shape index (κ2) is 10.1. The third kappa shape index (κ3) is 7.60. The average molecular weight is 284 g/mol. The van der Waals surface area contributed by atoms with Crippen molar-refractivity contribution in [2.75, 3.05) is 0 Å². The van der Waals surface area contributed by atoms with Crippen molar-refractivity contribution in [3.05, 3.63) is 60.2 Å². The minimum atomic E-state index is 0.704. The average Bonchev–Trinajstić information content (AvgIpc) is 3.36. The van der Waals surface area contributed by atoms with E-state index in [1.54, 1.807) is 0 Å². The SMILES string of the molecule is CC.CC(C)Cc1ccccn1.c1ccc(C2CC2)nc1. The van der Waals surface area contributed by atoms with Crippen molar-refractivity contribution in [2.45, 2.75) is 52.9 Å². The number of aromatic nitrogens is 2. The molecule has 2 heterocycles. The van der Waals surface area contributed by atoms with Gasteiger partial charge in [-0.3, -0.25) is 9.97 Å². The highest BCUT2D eigenvalue weighted by Crippen LogP contribution is 2.38. The van der Waals surface area contributed by atoms with Crippen LogP contribution in [0.2, 0.25) is 0 Å². The maximum absolute atomic E-state index is 4.24. The molecule has 2 heteroatoms. The molecule has 0 unspecified atom stereocenters. The lowest BCUT2D eigenvalue weighted by Crippen LogP contribution is -1.95. The zero-order valence-electron chi connectivity index (χ0n) is 13.8. The smallest absolute Gasteiger partial charge is 0.0434 e. The van der Waals surface area contributed by atoms with Crippen LogP contribution in [0.1, 0.15) is 57.8 Å². The van der Waals surface area contributed by atoms with Crippen LogP contribution in [0.4, 0.5) is 0 Å². The lowest BCUT2D eigenvalue weighted by molar-refractivity contribution is 0.635. The van der Waals surface area contributed by atoms with Gasteiger partial charge in [-0.2, -0.15) is 0 Å². The van der Waals surface area contributed by atoms with E-state index in [1.807, 2.05) is 44.4 Å². The Morgan fingerprint density at radius 2 is 1.57 bits per heavy atom. The van der Waals surface area contributed by atoms with Crippen molar-refractivity contribution < 1.29 is 0 Å². The van der Waals surface area contributed by atoms with E-state index in [0.717, 1.165) is 12.3 Å². The minimum Gasteiger partial charge on any atom is -0.261 e. The largest absolute Gasteiger partial charge is 0.261 e. The first-order valence-electron chi connectivity index (χ1n) is 8.06. The summed E-state index contributed by atoms with van der Waals surface area (Å²) in [7, 11) is 0. The first kappa shape index (κ1) is 17.4. The molecule has 0 amide bonds. The van der Waals surface area contributed by atoms with Gasteiger partial charge in [0, 0.05) is 29.7 Å². The Labute approximate surface area is 129 Å². The van der Waals surface area contributed by atoms with Crippen molar-refractivity contribution in [2.24, 2.45) is 5.92 Å². The van der Waals surface area contributed by atoms with Crippen LogP contribution in [0.3, 0.4) is 0 Å². The van der Waals surface area contributed by atoms with Crippen molar-refractivity contribution in [3.63, 3.8) is 0 Å². The van der Waals surface area contributed by atoms with Gasteiger partial charge in [-0.05, 0) is 49.4 Å². The number of rotatable bonds is 3. The fourth-order valence-corrected chi connectivity index (χ4v) is 1.93. The van der Waals surface area contributed by atoms with Crippen molar-refractivity contribution in [1.29, 1.82) is 0 Å². The van der Waals surface area contributed by atoms with Gasteiger partial charge in [0.2, 0.25) is 0 Å². The van der Waals surface area contributed by atoms with Crippen molar-refractivity contribution in [3.8, 4) is 0 Å². The molecule has 0 N–H and O–H groups in total. The molecule has 0 bridgehead atoms. The zero-order valence-corrected chi connectivity index (χ0v) is 13.8. The number of hydrogen-bond acceptors (Lipinski definition) is 2. The molecule has 0 spiro atoms. The predicted octanol–water partition coefficient (Wildman–Crippen LogP) is 5.27. The fraction of sp³-hybridized carbons (Fsp3) is 0.474. The van der Waals surface area contributed by atoms with Gasteiger partial charge in [0.05, 0.1) is 0 Å². The van der Waals surface area contributed by atoms with Gasteiger partial charge in [-0.25, -0.2) is 0 Å². The monoisotopic (exact) mass is 284 g/mol. The lowest BCUT2D eigenvalue weighted by Gasteiger charge is -2.01. The second-order valence-corrected chi connectivity index (χ2v) is 5.45. The summed E-state index contributed by atoms with van der Waals surface area (Å²) in [4.78, 5) is 8.46. The number of pyridine rings is 2. The highest BCUT2D eigenvalue weighted by molar-refractivity contribution is 5.14. The summed E-state index contributed by atoms with van der Waals surface area (Å²) in [5.74, 6) is 1.50. The van der Waals surface area contributed by atoms with E-state index < -0.39 is 0 Å². The van der Waals surface area contributed by atoms with E-state index in [0.29, 0.717) is 5.92 Å². The Kier molecular flexibility index (Phi) is 8.34. The molecular formula is C19H28N2. The van der Waals surface area contributed by atoms with Crippen LogP contribution in [-0.4, -0.2) is 9.97 Å². The van der Waals surface area contributed by atoms with E-state index in [-0.39, 0.29) is 0 Å². The third-order valence-electron chi connectivity index (χ3n) is 3.03. The molecule has 2 nitrogen and oxygen atoms in total. The molecule has 1 aliphatic carbocycles. The number of hydrogen-bond donors (Lipinski definition) is 0. The maximum atomic E-state index is 4.24. The van der Waals surface area contributed by atoms with Gasteiger partial charge in [0.1, 0.15) is 0 Å². The standard InChI is InChI=1S/C9H13N.C8H9N.C2H6/c1-8(2)7-9-5-3-4-6-10-9;1-2-6-9-8(3-1)7-4-5-7;1-2/h3-6,8H,7H2,1-2H3;1-3,6-7H,4-5H2;1-2H3. The van der Waals surface area contributed by atoms with Gasteiger partial charge in [-0.15, -0.1) is 0 Å². The molecule has 2 aromatic heterocycles. The van der Waals surface area contributed by atoms with E-state index in [4.69, 9.17) is 0 Å². The normalized spacial score (nSPS) is 12.8. The van der Waals surface area contributed by atoms with Gasteiger partial charge in [0.25, 0.3) is 0 Å². The van der Waals surface area contributed by atoms with Gasteiger partial charge >= 0.3 is 0 Å². The Balaban J connectivity index is 0.000000188. The van der Waals surface area contributed by atoms with Crippen LogP contribution in [0.5, 0.6) is 0 Å². The molecule has 1 fully saturated rings. The number of nitrogens with zero attached hydrogens (tertiary/aromatic N) is 2. The molecule has 0 saturated heterocycles. The topological polar surface area (TPSA) is 25.8 Å². The first-order chi connectivity index (χ1) is 10.3. The molecule has 1 aliphatic rings. The predicted molar refractivity (Wildman–Crippen MR) is 90.3 cm³/mol. The summed E-state index contributed by atoms with van der Waals surface area (Å²) < 4.78 is 0. The summed E-state index contributed by atoms with van der Waals surface area (Å²) in [6.45, 7) is 8.41. The quantitative estimate of drug-likeness (QED) is 0.767. The third-order valence-corrected chi connectivity index (χ3v) is 3.03. The van der Waals surface area contributed by atoms with E-state index >= 15 is 0 Å². The zero-order chi connectivity index (χ0) is 15.5. The molecule has 0 aliphatic heterocycles. The van der Waals surface area contributed by atoms with Gasteiger partial charge in [0.15, 0.2) is 0 Å².